The number of hydrogen-bond acceptors (Lipinski definition) is 2. The van der Waals surface area contributed by atoms with Crippen molar-refractivity contribution in [2.45, 2.75) is 20.1 Å². The zero-order valence-corrected chi connectivity index (χ0v) is 11.9. The third kappa shape index (κ3) is 3.38. The number of aliphatic hydroxyl groups is 1. The fourth-order valence-electron chi connectivity index (χ4n) is 2.04. The second kappa shape index (κ2) is 6.55. The van der Waals surface area contributed by atoms with Crippen molar-refractivity contribution in [2.75, 3.05) is 0 Å². The molecule has 20 heavy (non-hydrogen) atoms. The minimum Gasteiger partial charge on any atom is -0.392 e. The van der Waals surface area contributed by atoms with E-state index in [0.717, 1.165) is 16.7 Å². The molecule has 2 aromatic carbocycles. The topological polar surface area (TPSA) is 49.3 Å². The highest BCUT2D eigenvalue weighted by molar-refractivity contribution is 6.30. The Morgan fingerprint density at radius 2 is 1.90 bits per heavy atom. The molecule has 0 fully saturated rings. The van der Waals surface area contributed by atoms with Gasteiger partial charge in [0.05, 0.1) is 6.61 Å². The number of benzene rings is 2. The minimum absolute atomic E-state index is 0.0357. The maximum absolute atomic E-state index is 12.1. The van der Waals surface area contributed by atoms with Crippen molar-refractivity contribution >= 4 is 17.5 Å². The predicted octanol–water partition coefficient (Wildman–Crippen LogP) is 3.07. The highest BCUT2D eigenvalue weighted by Gasteiger charge is 2.09. The Morgan fingerprint density at radius 1 is 1.20 bits per heavy atom. The molecule has 0 heterocycles. The standard InChI is InChI=1S/C16H16ClNO2/c1-11-8-14(17)6-7-15(11)16(20)18-9-12-4-2-3-5-13(12)10-19/h2-8,19H,9-10H2,1H3,(H,18,20). The Balaban J connectivity index is 2.09. The van der Waals surface area contributed by atoms with Gasteiger partial charge in [-0.25, -0.2) is 0 Å². The number of rotatable bonds is 4. The van der Waals surface area contributed by atoms with Gasteiger partial charge in [0.15, 0.2) is 0 Å². The monoisotopic (exact) mass is 289 g/mol. The van der Waals surface area contributed by atoms with Crippen molar-refractivity contribution in [1.82, 2.24) is 5.32 Å². The Labute approximate surface area is 123 Å². The van der Waals surface area contributed by atoms with Crippen LogP contribution in [0.3, 0.4) is 0 Å². The fraction of sp³-hybridized carbons (Fsp3) is 0.188. The molecule has 0 aliphatic rings. The summed E-state index contributed by atoms with van der Waals surface area (Å²) in [5.74, 6) is -0.146. The van der Waals surface area contributed by atoms with Gasteiger partial charge in [0.25, 0.3) is 5.91 Å². The van der Waals surface area contributed by atoms with E-state index in [1.165, 1.54) is 0 Å². The van der Waals surface area contributed by atoms with Crippen molar-refractivity contribution < 1.29 is 9.90 Å². The van der Waals surface area contributed by atoms with Crippen molar-refractivity contribution in [2.24, 2.45) is 0 Å². The maximum Gasteiger partial charge on any atom is 0.251 e. The molecule has 0 aliphatic carbocycles. The van der Waals surface area contributed by atoms with Crippen LogP contribution in [0.2, 0.25) is 5.02 Å². The van der Waals surface area contributed by atoms with Gasteiger partial charge in [-0.05, 0) is 41.8 Å². The van der Waals surface area contributed by atoms with Crippen LogP contribution in [-0.4, -0.2) is 11.0 Å². The van der Waals surface area contributed by atoms with Gasteiger partial charge in [0.1, 0.15) is 0 Å². The average molecular weight is 290 g/mol. The molecular weight excluding hydrogens is 274 g/mol. The zero-order chi connectivity index (χ0) is 14.5. The van der Waals surface area contributed by atoms with E-state index in [-0.39, 0.29) is 12.5 Å². The number of amides is 1. The van der Waals surface area contributed by atoms with Gasteiger partial charge in [-0.15, -0.1) is 0 Å². The van der Waals surface area contributed by atoms with Crippen molar-refractivity contribution in [3.05, 3.63) is 69.7 Å². The van der Waals surface area contributed by atoms with Crippen LogP contribution in [0.4, 0.5) is 0 Å². The van der Waals surface area contributed by atoms with Gasteiger partial charge in [-0.2, -0.15) is 0 Å². The predicted molar refractivity (Wildman–Crippen MR) is 79.7 cm³/mol. The van der Waals surface area contributed by atoms with Crippen LogP contribution in [0.1, 0.15) is 27.0 Å². The molecule has 0 radical (unpaired) electrons. The van der Waals surface area contributed by atoms with Crippen molar-refractivity contribution in [3.63, 3.8) is 0 Å². The van der Waals surface area contributed by atoms with E-state index in [0.29, 0.717) is 17.1 Å². The first kappa shape index (κ1) is 14.6. The number of aryl methyl sites for hydroxylation is 1. The molecule has 0 aliphatic heterocycles. The number of halogens is 1. The lowest BCUT2D eigenvalue weighted by atomic mass is 10.1. The van der Waals surface area contributed by atoms with Crippen LogP contribution in [0.5, 0.6) is 0 Å². The third-order valence-corrected chi connectivity index (χ3v) is 3.40. The minimum atomic E-state index is -0.146. The van der Waals surface area contributed by atoms with Gasteiger partial charge < -0.3 is 10.4 Å². The van der Waals surface area contributed by atoms with E-state index in [4.69, 9.17) is 11.6 Å². The van der Waals surface area contributed by atoms with Crippen LogP contribution >= 0.6 is 11.6 Å². The SMILES string of the molecule is Cc1cc(Cl)ccc1C(=O)NCc1ccccc1CO. The highest BCUT2D eigenvalue weighted by Crippen LogP contribution is 2.15. The lowest BCUT2D eigenvalue weighted by molar-refractivity contribution is 0.0950. The van der Waals surface area contributed by atoms with Gasteiger partial charge in [-0.3, -0.25) is 4.79 Å². The van der Waals surface area contributed by atoms with Crippen molar-refractivity contribution in [1.29, 1.82) is 0 Å². The van der Waals surface area contributed by atoms with Gasteiger partial charge in [-0.1, -0.05) is 35.9 Å². The first-order valence-corrected chi connectivity index (χ1v) is 6.71. The lowest BCUT2D eigenvalue weighted by Gasteiger charge is -2.10. The summed E-state index contributed by atoms with van der Waals surface area (Å²) >= 11 is 5.87. The molecule has 0 atom stereocenters. The molecule has 0 saturated heterocycles. The normalized spacial score (nSPS) is 10.3. The molecule has 2 rings (SSSR count). The van der Waals surface area contributed by atoms with Crippen LogP contribution in [0.15, 0.2) is 42.5 Å². The van der Waals surface area contributed by atoms with Gasteiger partial charge in [0, 0.05) is 17.1 Å². The highest BCUT2D eigenvalue weighted by atomic mass is 35.5. The molecule has 0 unspecified atom stereocenters. The number of carbonyl (C=O) groups excluding carboxylic acids is 1. The maximum atomic E-state index is 12.1. The summed E-state index contributed by atoms with van der Waals surface area (Å²) in [4.78, 5) is 12.1. The van der Waals surface area contributed by atoms with E-state index >= 15 is 0 Å². The number of aliphatic hydroxyl groups excluding tert-OH is 1. The Hall–Kier alpha value is -1.84. The molecular formula is C16H16ClNO2. The van der Waals surface area contributed by atoms with Gasteiger partial charge >= 0.3 is 0 Å². The Morgan fingerprint density at radius 3 is 2.55 bits per heavy atom. The molecule has 0 aromatic heterocycles. The van der Waals surface area contributed by atoms with Gasteiger partial charge in [0.2, 0.25) is 0 Å². The number of hydrogen-bond donors (Lipinski definition) is 2. The largest absolute Gasteiger partial charge is 0.392 e. The van der Waals surface area contributed by atoms with E-state index in [1.54, 1.807) is 18.2 Å². The molecule has 0 saturated carbocycles. The first-order chi connectivity index (χ1) is 9.61. The molecule has 0 bridgehead atoms. The summed E-state index contributed by atoms with van der Waals surface area (Å²) < 4.78 is 0. The number of nitrogens with one attached hydrogen (secondary N) is 1. The Bertz CT molecular complexity index is 626. The third-order valence-electron chi connectivity index (χ3n) is 3.16. The summed E-state index contributed by atoms with van der Waals surface area (Å²) in [6, 6.07) is 12.7. The summed E-state index contributed by atoms with van der Waals surface area (Å²) in [7, 11) is 0. The Kier molecular flexibility index (Phi) is 4.77. The molecule has 104 valence electrons. The summed E-state index contributed by atoms with van der Waals surface area (Å²) in [6.07, 6.45) is 0. The second-order valence-electron chi connectivity index (χ2n) is 4.57. The number of carbonyl (C=O) groups is 1. The zero-order valence-electron chi connectivity index (χ0n) is 11.2. The van der Waals surface area contributed by atoms with Crippen LogP contribution in [-0.2, 0) is 13.2 Å². The fourth-order valence-corrected chi connectivity index (χ4v) is 2.26. The van der Waals surface area contributed by atoms with Crippen LogP contribution in [0.25, 0.3) is 0 Å². The summed E-state index contributed by atoms with van der Waals surface area (Å²) in [5.41, 5.74) is 3.18. The molecule has 1 amide bonds. The van der Waals surface area contributed by atoms with E-state index in [9.17, 15) is 9.90 Å². The first-order valence-electron chi connectivity index (χ1n) is 6.34. The molecule has 3 nitrogen and oxygen atoms in total. The van der Waals surface area contributed by atoms with Crippen LogP contribution < -0.4 is 5.32 Å². The summed E-state index contributed by atoms with van der Waals surface area (Å²) in [5, 5.41) is 12.7. The molecule has 2 aromatic rings. The van der Waals surface area contributed by atoms with E-state index < -0.39 is 0 Å². The van der Waals surface area contributed by atoms with E-state index in [2.05, 4.69) is 5.32 Å². The quantitative estimate of drug-likeness (QED) is 0.909. The molecule has 0 spiro atoms. The summed E-state index contributed by atoms with van der Waals surface area (Å²) in [6.45, 7) is 2.20. The second-order valence-corrected chi connectivity index (χ2v) is 5.01. The molecule has 2 N–H and O–H groups in total. The average Bonchev–Trinajstić information content (AvgIpc) is 2.45. The van der Waals surface area contributed by atoms with E-state index in [1.807, 2.05) is 31.2 Å². The smallest absolute Gasteiger partial charge is 0.251 e. The lowest BCUT2D eigenvalue weighted by Crippen LogP contribution is -2.24. The molecule has 4 heteroatoms. The van der Waals surface area contributed by atoms with Crippen LogP contribution in [0, 0.1) is 6.92 Å². The van der Waals surface area contributed by atoms with Crippen molar-refractivity contribution in [3.8, 4) is 0 Å².